The Hall–Kier alpha value is -2.73. The van der Waals surface area contributed by atoms with Crippen LogP contribution in [0.4, 0.5) is 11.4 Å². The molecule has 2 amide bonds. The summed E-state index contributed by atoms with van der Waals surface area (Å²) >= 11 is 6.08. The molecular formula is C19H19ClN2O4. The predicted molar refractivity (Wildman–Crippen MR) is 101 cm³/mol. The Balaban J connectivity index is 1.79. The monoisotopic (exact) mass is 374 g/mol. The van der Waals surface area contributed by atoms with Crippen molar-refractivity contribution in [2.45, 2.75) is 12.8 Å². The van der Waals surface area contributed by atoms with Crippen LogP contribution in [0.3, 0.4) is 0 Å². The first kappa shape index (κ1) is 18.1. The maximum atomic E-state index is 12.5. The van der Waals surface area contributed by atoms with E-state index in [0.29, 0.717) is 40.7 Å². The molecule has 0 spiro atoms. The molecule has 0 unspecified atom stereocenters. The molecular weight excluding hydrogens is 356 g/mol. The number of nitrogens with zero attached hydrogens (tertiary/aromatic N) is 1. The van der Waals surface area contributed by atoms with E-state index in [2.05, 4.69) is 5.32 Å². The van der Waals surface area contributed by atoms with Crippen LogP contribution in [0.15, 0.2) is 36.4 Å². The smallest absolute Gasteiger partial charge is 0.255 e. The third-order valence-electron chi connectivity index (χ3n) is 4.24. The van der Waals surface area contributed by atoms with Crippen molar-refractivity contribution in [1.29, 1.82) is 0 Å². The molecule has 1 saturated heterocycles. The topological polar surface area (TPSA) is 67.9 Å². The number of benzene rings is 2. The van der Waals surface area contributed by atoms with Gasteiger partial charge in [-0.15, -0.1) is 0 Å². The molecule has 2 aromatic rings. The number of anilines is 2. The van der Waals surface area contributed by atoms with Crippen LogP contribution in [0.5, 0.6) is 11.5 Å². The van der Waals surface area contributed by atoms with Gasteiger partial charge in [0.15, 0.2) is 0 Å². The summed E-state index contributed by atoms with van der Waals surface area (Å²) in [4.78, 5) is 26.1. The van der Waals surface area contributed by atoms with Crippen molar-refractivity contribution in [2.75, 3.05) is 31.0 Å². The molecule has 1 fully saturated rings. The zero-order valence-corrected chi connectivity index (χ0v) is 15.3. The van der Waals surface area contributed by atoms with Crippen molar-refractivity contribution in [2.24, 2.45) is 0 Å². The summed E-state index contributed by atoms with van der Waals surface area (Å²) < 4.78 is 10.4. The SMILES string of the molecule is COc1cc(NC(=O)c2ccc(N3CCCC3=O)cc2)c(OC)cc1Cl. The van der Waals surface area contributed by atoms with E-state index >= 15 is 0 Å². The minimum Gasteiger partial charge on any atom is -0.495 e. The zero-order chi connectivity index (χ0) is 18.7. The number of carbonyl (C=O) groups excluding carboxylic acids is 2. The Kier molecular flexibility index (Phi) is 5.32. The van der Waals surface area contributed by atoms with E-state index < -0.39 is 0 Å². The van der Waals surface area contributed by atoms with Gasteiger partial charge in [0.1, 0.15) is 11.5 Å². The molecule has 1 heterocycles. The lowest BCUT2D eigenvalue weighted by molar-refractivity contribution is -0.117. The summed E-state index contributed by atoms with van der Waals surface area (Å²) in [6.07, 6.45) is 1.43. The largest absolute Gasteiger partial charge is 0.495 e. The molecule has 7 heteroatoms. The van der Waals surface area contributed by atoms with Crippen LogP contribution >= 0.6 is 11.6 Å². The Morgan fingerprint density at radius 1 is 1.12 bits per heavy atom. The van der Waals surface area contributed by atoms with Gasteiger partial charge in [0.2, 0.25) is 5.91 Å². The van der Waals surface area contributed by atoms with Crippen molar-refractivity contribution < 1.29 is 19.1 Å². The van der Waals surface area contributed by atoms with Gasteiger partial charge in [-0.2, -0.15) is 0 Å². The fourth-order valence-corrected chi connectivity index (χ4v) is 3.10. The second kappa shape index (κ2) is 7.66. The van der Waals surface area contributed by atoms with Crippen LogP contribution in [0.25, 0.3) is 0 Å². The lowest BCUT2D eigenvalue weighted by Crippen LogP contribution is -2.23. The van der Waals surface area contributed by atoms with Crippen LogP contribution in [0.2, 0.25) is 5.02 Å². The molecule has 0 saturated carbocycles. The van der Waals surface area contributed by atoms with E-state index in [9.17, 15) is 9.59 Å². The third kappa shape index (κ3) is 3.60. The highest BCUT2D eigenvalue weighted by Gasteiger charge is 2.22. The number of carbonyl (C=O) groups is 2. The van der Waals surface area contributed by atoms with Gasteiger partial charge in [0, 0.05) is 36.3 Å². The number of hydrogen-bond acceptors (Lipinski definition) is 4. The minimum atomic E-state index is -0.299. The fraction of sp³-hybridized carbons (Fsp3) is 0.263. The van der Waals surface area contributed by atoms with Gasteiger partial charge in [-0.3, -0.25) is 9.59 Å². The highest BCUT2D eigenvalue weighted by Crippen LogP contribution is 2.36. The van der Waals surface area contributed by atoms with Gasteiger partial charge in [-0.1, -0.05) is 11.6 Å². The number of halogens is 1. The molecule has 0 aliphatic carbocycles. The molecule has 26 heavy (non-hydrogen) atoms. The lowest BCUT2D eigenvalue weighted by Gasteiger charge is -2.16. The van der Waals surface area contributed by atoms with E-state index in [1.807, 2.05) is 0 Å². The van der Waals surface area contributed by atoms with Crippen LogP contribution in [-0.4, -0.2) is 32.6 Å². The number of hydrogen-bond donors (Lipinski definition) is 1. The van der Waals surface area contributed by atoms with Crippen molar-refractivity contribution in [3.8, 4) is 11.5 Å². The minimum absolute atomic E-state index is 0.111. The van der Waals surface area contributed by atoms with Gasteiger partial charge >= 0.3 is 0 Å². The van der Waals surface area contributed by atoms with Crippen molar-refractivity contribution in [3.63, 3.8) is 0 Å². The highest BCUT2D eigenvalue weighted by molar-refractivity contribution is 6.32. The van der Waals surface area contributed by atoms with Gasteiger partial charge in [0.25, 0.3) is 5.91 Å². The molecule has 0 atom stereocenters. The Bertz CT molecular complexity index is 836. The second-order valence-corrected chi connectivity index (χ2v) is 6.24. The van der Waals surface area contributed by atoms with Gasteiger partial charge < -0.3 is 19.7 Å². The number of amides is 2. The summed E-state index contributed by atoms with van der Waals surface area (Å²) in [6.45, 7) is 0.714. The van der Waals surface area contributed by atoms with E-state index in [1.165, 1.54) is 14.2 Å². The summed E-state index contributed by atoms with van der Waals surface area (Å²) in [7, 11) is 2.99. The lowest BCUT2D eigenvalue weighted by atomic mass is 10.1. The van der Waals surface area contributed by atoms with Crippen molar-refractivity contribution >= 4 is 34.8 Å². The average Bonchev–Trinajstić information content (AvgIpc) is 3.08. The molecule has 0 radical (unpaired) electrons. The summed E-state index contributed by atoms with van der Waals surface area (Å²) in [5, 5.41) is 3.19. The van der Waals surface area contributed by atoms with Crippen molar-refractivity contribution in [1.82, 2.24) is 0 Å². The van der Waals surface area contributed by atoms with Crippen LogP contribution < -0.4 is 19.7 Å². The summed E-state index contributed by atoms with van der Waals surface area (Å²) in [5.41, 5.74) is 1.73. The average molecular weight is 375 g/mol. The van der Waals surface area contributed by atoms with Crippen LogP contribution in [-0.2, 0) is 4.79 Å². The third-order valence-corrected chi connectivity index (χ3v) is 4.53. The first-order valence-corrected chi connectivity index (χ1v) is 8.54. The molecule has 3 rings (SSSR count). The standard InChI is InChI=1S/C19H19ClN2O4/c1-25-16-11-15(17(26-2)10-14(16)20)21-19(24)12-5-7-13(8-6-12)22-9-3-4-18(22)23/h5-8,10-11H,3-4,9H2,1-2H3,(H,21,24). The number of nitrogens with one attached hydrogen (secondary N) is 1. The van der Waals surface area contributed by atoms with E-state index in [0.717, 1.165) is 12.1 Å². The summed E-state index contributed by atoms with van der Waals surface area (Å²) in [6, 6.07) is 10.1. The van der Waals surface area contributed by atoms with Gasteiger partial charge in [-0.05, 0) is 30.7 Å². The molecule has 1 aliphatic rings. The predicted octanol–water partition coefficient (Wildman–Crippen LogP) is 3.74. The molecule has 6 nitrogen and oxygen atoms in total. The fourth-order valence-electron chi connectivity index (χ4n) is 2.87. The van der Waals surface area contributed by atoms with E-state index in [4.69, 9.17) is 21.1 Å². The van der Waals surface area contributed by atoms with Crippen LogP contribution in [0, 0.1) is 0 Å². The number of methoxy groups -OCH3 is 2. The quantitative estimate of drug-likeness (QED) is 0.865. The van der Waals surface area contributed by atoms with E-state index in [-0.39, 0.29) is 11.8 Å². The molecule has 0 bridgehead atoms. The zero-order valence-electron chi connectivity index (χ0n) is 14.5. The maximum absolute atomic E-state index is 12.5. The molecule has 136 valence electrons. The molecule has 1 N–H and O–H groups in total. The Labute approximate surface area is 156 Å². The Morgan fingerprint density at radius 3 is 2.38 bits per heavy atom. The maximum Gasteiger partial charge on any atom is 0.255 e. The molecule has 1 aliphatic heterocycles. The Morgan fingerprint density at radius 2 is 1.81 bits per heavy atom. The summed E-state index contributed by atoms with van der Waals surface area (Å²) in [5.74, 6) is 0.682. The number of ether oxygens (including phenoxy) is 2. The first-order chi connectivity index (χ1) is 12.5. The van der Waals surface area contributed by atoms with Gasteiger partial charge in [-0.25, -0.2) is 0 Å². The van der Waals surface area contributed by atoms with Crippen molar-refractivity contribution in [3.05, 3.63) is 47.0 Å². The van der Waals surface area contributed by atoms with E-state index in [1.54, 1.807) is 41.3 Å². The number of rotatable bonds is 5. The second-order valence-electron chi connectivity index (χ2n) is 5.84. The molecule has 2 aromatic carbocycles. The first-order valence-electron chi connectivity index (χ1n) is 8.17. The molecule has 0 aromatic heterocycles. The van der Waals surface area contributed by atoms with Crippen LogP contribution in [0.1, 0.15) is 23.2 Å². The normalized spacial score (nSPS) is 13.7. The van der Waals surface area contributed by atoms with Gasteiger partial charge in [0.05, 0.1) is 24.9 Å². The highest BCUT2D eigenvalue weighted by atomic mass is 35.5.